The minimum atomic E-state index is -0.177. The molecule has 0 aliphatic heterocycles. The Labute approximate surface area is 122 Å². The van der Waals surface area contributed by atoms with Gasteiger partial charge in [0.2, 0.25) is 0 Å². The maximum Gasteiger partial charge on any atom is 0.0456 e. The molecular formula is C16H16IN. The molecule has 2 N–H and O–H groups in total. The monoisotopic (exact) mass is 349 g/mol. The molecule has 0 spiro atoms. The molecule has 1 nitrogen and oxygen atoms in total. The zero-order chi connectivity index (χ0) is 12.6. The van der Waals surface area contributed by atoms with Gasteiger partial charge in [0.1, 0.15) is 0 Å². The number of aryl methyl sites for hydroxylation is 1. The first kappa shape index (κ1) is 12.2. The number of halogens is 1. The van der Waals surface area contributed by atoms with Gasteiger partial charge in [-0.25, -0.2) is 0 Å². The summed E-state index contributed by atoms with van der Waals surface area (Å²) in [6, 6.07) is 17.3. The molecule has 1 aliphatic carbocycles. The van der Waals surface area contributed by atoms with Crippen molar-refractivity contribution in [2.45, 2.75) is 24.8 Å². The predicted molar refractivity (Wildman–Crippen MR) is 83.5 cm³/mol. The number of benzene rings is 2. The highest BCUT2D eigenvalue weighted by molar-refractivity contribution is 14.1. The maximum atomic E-state index is 6.64. The maximum absolute atomic E-state index is 6.64. The van der Waals surface area contributed by atoms with Gasteiger partial charge in [-0.3, -0.25) is 0 Å². The van der Waals surface area contributed by atoms with Gasteiger partial charge in [0.25, 0.3) is 0 Å². The van der Waals surface area contributed by atoms with Crippen molar-refractivity contribution in [3.8, 4) is 0 Å². The van der Waals surface area contributed by atoms with Gasteiger partial charge < -0.3 is 5.73 Å². The van der Waals surface area contributed by atoms with Crippen molar-refractivity contribution in [1.29, 1.82) is 0 Å². The average Bonchev–Trinajstić information content (AvgIpc) is 2.71. The van der Waals surface area contributed by atoms with Crippen LogP contribution in [0.15, 0.2) is 48.5 Å². The van der Waals surface area contributed by atoms with Crippen molar-refractivity contribution in [2.24, 2.45) is 5.73 Å². The second kappa shape index (κ2) is 4.67. The molecule has 0 saturated carbocycles. The van der Waals surface area contributed by atoms with E-state index in [4.69, 9.17) is 5.73 Å². The molecule has 0 saturated heterocycles. The molecule has 0 aromatic heterocycles. The Morgan fingerprint density at radius 1 is 1.06 bits per heavy atom. The third kappa shape index (κ3) is 2.19. The molecule has 3 rings (SSSR count). The van der Waals surface area contributed by atoms with Gasteiger partial charge in [0, 0.05) is 9.11 Å². The van der Waals surface area contributed by atoms with Crippen LogP contribution in [0.4, 0.5) is 0 Å². The molecule has 1 aliphatic rings. The minimum absolute atomic E-state index is 0.177. The first-order valence-electron chi connectivity index (χ1n) is 6.29. The van der Waals surface area contributed by atoms with Crippen LogP contribution in [0.1, 0.15) is 23.1 Å². The lowest BCUT2D eigenvalue weighted by molar-refractivity contribution is 0.439. The summed E-state index contributed by atoms with van der Waals surface area (Å²) in [6.07, 6.45) is 3.09. The lowest BCUT2D eigenvalue weighted by atomic mass is 9.86. The second-order valence-corrected chi connectivity index (χ2v) is 6.36. The lowest BCUT2D eigenvalue weighted by Crippen LogP contribution is -2.36. The third-order valence-corrected chi connectivity index (χ3v) is 4.55. The van der Waals surface area contributed by atoms with Crippen LogP contribution in [0.2, 0.25) is 0 Å². The summed E-state index contributed by atoms with van der Waals surface area (Å²) in [5, 5.41) is 0. The molecule has 0 heterocycles. The van der Waals surface area contributed by atoms with Crippen LogP contribution in [0.25, 0.3) is 0 Å². The van der Waals surface area contributed by atoms with E-state index in [0.717, 1.165) is 19.3 Å². The van der Waals surface area contributed by atoms with Gasteiger partial charge in [-0.15, -0.1) is 0 Å². The van der Waals surface area contributed by atoms with Crippen molar-refractivity contribution in [3.05, 3.63) is 68.8 Å². The quantitative estimate of drug-likeness (QED) is 0.824. The van der Waals surface area contributed by atoms with Gasteiger partial charge in [-0.05, 0) is 70.7 Å². The van der Waals surface area contributed by atoms with Crippen LogP contribution < -0.4 is 5.73 Å². The molecule has 92 valence electrons. The molecule has 0 bridgehead atoms. The van der Waals surface area contributed by atoms with Crippen LogP contribution in [0.5, 0.6) is 0 Å². The highest BCUT2D eigenvalue weighted by Gasteiger charge is 2.34. The molecule has 1 atom stereocenters. The fraction of sp³-hybridized carbons (Fsp3) is 0.250. The summed E-state index contributed by atoms with van der Waals surface area (Å²) in [7, 11) is 0. The fourth-order valence-corrected chi connectivity index (χ4v) is 3.23. The smallest absolute Gasteiger partial charge is 0.0456 e. The van der Waals surface area contributed by atoms with Crippen molar-refractivity contribution < 1.29 is 0 Å². The summed E-state index contributed by atoms with van der Waals surface area (Å²) >= 11 is 2.33. The molecular weight excluding hydrogens is 333 g/mol. The predicted octanol–water partition coefficient (Wildman–Crippen LogP) is 3.63. The molecule has 2 aromatic carbocycles. The minimum Gasteiger partial charge on any atom is -0.321 e. The Hall–Kier alpha value is -0.870. The van der Waals surface area contributed by atoms with E-state index in [0.29, 0.717) is 0 Å². The zero-order valence-corrected chi connectivity index (χ0v) is 12.4. The number of rotatable bonds is 2. The van der Waals surface area contributed by atoms with Crippen molar-refractivity contribution in [2.75, 3.05) is 0 Å². The summed E-state index contributed by atoms with van der Waals surface area (Å²) in [5.41, 5.74) is 10.5. The van der Waals surface area contributed by atoms with Crippen LogP contribution in [0, 0.1) is 3.57 Å². The normalized spacial score (nSPS) is 21.9. The van der Waals surface area contributed by atoms with Crippen LogP contribution >= 0.6 is 22.6 Å². The van der Waals surface area contributed by atoms with E-state index in [9.17, 15) is 0 Å². The van der Waals surface area contributed by atoms with Crippen molar-refractivity contribution in [3.63, 3.8) is 0 Å². The largest absolute Gasteiger partial charge is 0.321 e. The zero-order valence-electron chi connectivity index (χ0n) is 10.2. The second-order valence-electron chi connectivity index (χ2n) is 5.12. The van der Waals surface area contributed by atoms with E-state index in [1.54, 1.807) is 0 Å². The van der Waals surface area contributed by atoms with Gasteiger partial charge in [-0.1, -0.05) is 36.4 Å². The highest BCUT2D eigenvalue weighted by Crippen LogP contribution is 2.37. The molecule has 0 amide bonds. The van der Waals surface area contributed by atoms with Gasteiger partial charge >= 0.3 is 0 Å². The number of hydrogen-bond donors (Lipinski definition) is 1. The number of nitrogens with two attached hydrogens (primary N) is 1. The third-order valence-electron chi connectivity index (χ3n) is 3.83. The first-order valence-corrected chi connectivity index (χ1v) is 7.37. The molecule has 0 radical (unpaired) electrons. The van der Waals surface area contributed by atoms with Crippen LogP contribution in [-0.2, 0) is 18.4 Å². The van der Waals surface area contributed by atoms with E-state index in [1.165, 1.54) is 20.3 Å². The topological polar surface area (TPSA) is 26.0 Å². The van der Waals surface area contributed by atoms with Gasteiger partial charge in [-0.2, -0.15) is 0 Å². The number of fused-ring (bicyclic) bond motifs is 1. The molecule has 2 aromatic rings. The average molecular weight is 349 g/mol. The van der Waals surface area contributed by atoms with Gasteiger partial charge in [0.05, 0.1) is 0 Å². The molecule has 18 heavy (non-hydrogen) atoms. The Morgan fingerprint density at radius 3 is 2.56 bits per heavy atom. The molecule has 1 unspecified atom stereocenters. The Morgan fingerprint density at radius 2 is 1.78 bits per heavy atom. The summed E-state index contributed by atoms with van der Waals surface area (Å²) in [4.78, 5) is 0. The molecule has 2 heteroatoms. The summed E-state index contributed by atoms with van der Waals surface area (Å²) in [5.74, 6) is 0. The van der Waals surface area contributed by atoms with E-state index >= 15 is 0 Å². The van der Waals surface area contributed by atoms with E-state index in [2.05, 4.69) is 71.1 Å². The summed E-state index contributed by atoms with van der Waals surface area (Å²) in [6.45, 7) is 0. The number of hydrogen-bond acceptors (Lipinski definition) is 1. The van der Waals surface area contributed by atoms with Gasteiger partial charge in [0.15, 0.2) is 0 Å². The Balaban J connectivity index is 1.91. The standard InChI is InChI=1S/C16H16IN/c17-14-7-5-12(6-8-14)11-16(18)10-9-13-3-1-2-4-15(13)16/h1-8H,9-11,18H2. The van der Waals surface area contributed by atoms with Crippen molar-refractivity contribution >= 4 is 22.6 Å². The van der Waals surface area contributed by atoms with E-state index in [-0.39, 0.29) is 5.54 Å². The van der Waals surface area contributed by atoms with Crippen LogP contribution in [0.3, 0.4) is 0 Å². The van der Waals surface area contributed by atoms with Crippen LogP contribution in [-0.4, -0.2) is 0 Å². The SMILES string of the molecule is NC1(Cc2ccc(I)cc2)CCc2ccccc21. The highest BCUT2D eigenvalue weighted by atomic mass is 127. The fourth-order valence-electron chi connectivity index (χ4n) is 2.87. The molecule has 0 fully saturated rings. The Kier molecular flexibility index (Phi) is 3.16. The van der Waals surface area contributed by atoms with E-state index < -0.39 is 0 Å². The van der Waals surface area contributed by atoms with E-state index in [1.807, 2.05) is 0 Å². The lowest BCUT2D eigenvalue weighted by Gasteiger charge is -2.25. The summed E-state index contributed by atoms with van der Waals surface area (Å²) < 4.78 is 1.27. The Bertz CT molecular complexity index is 562. The van der Waals surface area contributed by atoms with Crippen molar-refractivity contribution in [1.82, 2.24) is 0 Å². The first-order chi connectivity index (χ1) is 8.67.